The molecule has 0 aliphatic carbocycles. The van der Waals surface area contributed by atoms with Crippen molar-refractivity contribution < 1.29 is 0 Å². The predicted molar refractivity (Wildman–Crippen MR) is 213 cm³/mol. The van der Waals surface area contributed by atoms with E-state index < -0.39 is 0 Å². The zero-order valence-corrected chi connectivity index (χ0v) is 33.4. The predicted octanol–water partition coefficient (Wildman–Crippen LogP) is 12.3. The lowest BCUT2D eigenvalue weighted by Gasteiger charge is -2.08. The molecule has 0 aliphatic heterocycles. The first kappa shape index (κ1) is 44.9. The van der Waals surface area contributed by atoms with E-state index in [1.165, 1.54) is 154 Å². The molecule has 0 saturated carbocycles. The van der Waals surface area contributed by atoms with Gasteiger partial charge in [0.15, 0.2) is 0 Å². The van der Waals surface area contributed by atoms with E-state index in [2.05, 4.69) is 72.0 Å². The molecule has 266 valence electrons. The highest BCUT2D eigenvalue weighted by Gasteiger charge is 1.96. The third-order valence-electron chi connectivity index (χ3n) is 8.94. The average Bonchev–Trinajstić information content (AvgIpc) is 3.05. The first-order valence-electron chi connectivity index (χ1n) is 19.1. The highest BCUT2D eigenvalue weighted by molar-refractivity contribution is 8.93. The van der Waals surface area contributed by atoms with Crippen molar-refractivity contribution in [3.05, 3.63) is 59.8 Å². The maximum Gasteiger partial charge on any atom is 0.0603 e. The first-order chi connectivity index (χ1) is 21.8. The lowest BCUT2D eigenvalue weighted by Crippen LogP contribution is -2.07. The molecule has 0 bridgehead atoms. The third kappa shape index (κ3) is 25.9. The second-order valence-corrected chi connectivity index (χ2v) is 13.1. The summed E-state index contributed by atoms with van der Waals surface area (Å²) in [6.07, 6.45) is 41.4. The molecule has 0 unspecified atom stereocenters. The standard InChI is InChI=1S/C40H70N4.2BrH/c1-3-5-7-9-11-13-15-17-19-23-31-41-39-27-35-43(36-28-39)33-25-21-22-26-34-44-37-29-40(30-38-44)42-32-24-20-18-16-14-12-10-8-6-4-2;;/h27-30,35-38H,3-26,31-34H2,1-2H3;2*1H. The smallest absolute Gasteiger partial charge is 0.0603 e. The van der Waals surface area contributed by atoms with Crippen LogP contribution in [0.2, 0.25) is 0 Å². The molecule has 0 spiro atoms. The molecular weight excluding hydrogens is 696 g/mol. The van der Waals surface area contributed by atoms with Gasteiger partial charge in [-0.15, -0.1) is 34.0 Å². The lowest BCUT2D eigenvalue weighted by molar-refractivity contribution is 0.537. The number of unbranched alkanes of at least 4 members (excludes halogenated alkanes) is 21. The van der Waals surface area contributed by atoms with E-state index >= 15 is 0 Å². The summed E-state index contributed by atoms with van der Waals surface area (Å²) in [6, 6.07) is 8.72. The van der Waals surface area contributed by atoms with Crippen LogP contribution in [-0.4, -0.2) is 22.2 Å². The summed E-state index contributed by atoms with van der Waals surface area (Å²) in [4.78, 5) is 9.58. The molecule has 0 fully saturated rings. The van der Waals surface area contributed by atoms with Gasteiger partial charge in [0, 0.05) is 51.0 Å². The van der Waals surface area contributed by atoms with Gasteiger partial charge in [-0.25, -0.2) is 0 Å². The van der Waals surface area contributed by atoms with Gasteiger partial charge in [-0.05, 0) is 49.9 Å². The van der Waals surface area contributed by atoms with Crippen LogP contribution in [0, 0.1) is 0 Å². The third-order valence-corrected chi connectivity index (χ3v) is 8.94. The maximum absolute atomic E-state index is 4.79. The molecule has 2 aromatic heterocycles. The molecule has 0 N–H and O–H groups in total. The van der Waals surface area contributed by atoms with Crippen molar-refractivity contribution in [3.63, 3.8) is 0 Å². The Labute approximate surface area is 305 Å². The summed E-state index contributed by atoms with van der Waals surface area (Å²) < 4.78 is 4.62. The fourth-order valence-corrected chi connectivity index (χ4v) is 5.96. The molecule has 46 heavy (non-hydrogen) atoms. The van der Waals surface area contributed by atoms with Crippen molar-refractivity contribution in [3.8, 4) is 0 Å². The van der Waals surface area contributed by atoms with Crippen LogP contribution in [0.4, 0.5) is 0 Å². The molecule has 2 heterocycles. The summed E-state index contributed by atoms with van der Waals surface area (Å²) in [7, 11) is 0. The fraction of sp³-hybridized carbons (Fsp3) is 0.750. The maximum atomic E-state index is 4.79. The monoisotopic (exact) mass is 766 g/mol. The molecule has 0 radical (unpaired) electrons. The minimum Gasteiger partial charge on any atom is -0.354 e. The Morgan fingerprint density at radius 3 is 0.935 bits per heavy atom. The molecule has 0 aromatic carbocycles. The second-order valence-electron chi connectivity index (χ2n) is 13.1. The molecule has 2 rings (SSSR count). The van der Waals surface area contributed by atoms with E-state index in [4.69, 9.17) is 9.98 Å². The van der Waals surface area contributed by atoms with Crippen molar-refractivity contribution in [2.45, 2.75) is 181 Å². The number of aromatic nitrogens is 2. The fourth-order valence-electron chi connectivity index (χ4n) is 5.96. The largest absolute Gasteiger partial charge is 0.354 e. The summed E-state index contributed by atoms with van der Waals surface area (Å²) >= 11 is 0. The van der Waals surface area contributed by atoms with Gasteiger partial charge in [-0.1, -0.05) is 142 Å². The molecule has 0 amide bonds. The van der Waals surface area contributed by atoms with Gasteiger partial charge < -0.3 is 9.13 Å². The number of hydrogen-bond acceptors (Lipinski definition) is 2. The van der Waals surface area contributed by atoms with Crippen molar-refractivity contribution in [2.24, 2.45) is 9.98 Å². The van der Waals surface area contributed by atoms with Gasteiger partial charge in [-0.2, -0.15) is 0 Å². The molecule has 6 heteroatoms. The number of nitrogens with zero attached hydrogens (tertiary/aromatic N) is 4. The molecule has 0 aliphatic rings. The van der Waals surface area contributed by atoms with E-state index in [1.54, 1.807) is 0 Å². The summed E-state index contributed by atoms with van der Waals surface area (Å²) in [5, 5.41) is 2.26. The van der Waals surface area contributed by atoms with E-state index in [-0.39, 0.29) is 34.0 Å². The molecule has 2 aromatic rings. The minimum absolute atomic E-state index is 0. The Morgan fingerprint density at radius 2 is 0.630 bits per heavy atom. The average molecular weight is 769 g/mol. The Bertz CT molecular complexity index is 922. The van der Waals surface area contributed by atoms with Gasteiger partial charge >= 0.3 is 0 Å². The zero-order valence-electron chi connectivity index (χ0n) is 30.0. The van der Waals surface area contributed by atoms with Crippen molar-refractivity contribution >= 4 is 34.0 Å². The Balaban J connectivity index is 0.0000101. The molecule has 0 saturated heterocycles. The summed E-state index contributed by atoms with van der Waals surface area (Å²) in [5.74, 6) is 0. The summed E-state index contributed by atoms with van der Waals surface area (Å²) in [6.45, 7) is 8.71. The quantitative estimate of drug-likeness (QED) is 0.0739. The number of halogens is 2. The van der Waals surface area contributed by atoms with Crippen LogP contribution < -0.4 is 10.7 Å². The van der Waals surface area contributed by atoms with Crippen LogP contribution in [0.5, 0.6) is 0 Å². The van der Waals surface area contributed by atoms with Gasteiger partial charge in [0.25, 0.3) is 0 Å². The Kier molecular flexibility index (Phi) is 32.9. The number of rotatable bonds is 29. The van der Waals surface area contributed by atoms with E-state index in [0.29, 0.717) is 0 Å². The number of hydrogen-bond donors (Lipinski definition) is 0. The van der Waals surface area contributed by atoms with E-state index in [0.717, 1.165) is 36.9 Å². The topological polar surface area (TPSA) is 34.6 Å². The van der Waals surface area contributed by atoms with Crippen molar-refractivity contribution in [1.29, 1.82) is 0 Å². The molecular formula is C40H72Br2N4. The van der Waals surface area contributed by atoms with Crippen LogP contribution in [0.15, 0.2) is 59.0 Å². The number of pyridine rings is 2. The van der Waals surface area contributed by atoms with E-state index in [1.807, 2.05) is 0 Å². The molecule has 4 nitrogen and oxygen atoms in total. The van der Waals surface area contributed by atoms with Crippen molar-refractivity contribution in [1.82, 2.24) is 9.13 Å². The first-order valence-corrected chi connectivity index (χ1v) is 19.1. The summed E-state index contributed by atoms with van der Waals surface area (Å²) in [5.41, 5.74) is 0. The number of aryl methyl sites for hydroxylation is 2. The van der Waals surface area contributed by atoms with Crippen LogP contribution in [0.3, 0.4) is 0 Å². The normalized spacial score (nSPS) is 10.7. The minimum atomic E-state index is 0. The van der Waals surface area contributed by atoms with E-state index in [9.17, 15) is 0 Å². The van der Waals surface area contributed by atoms with Gasteiger partial charge in [0.1, 0.15) is 0 Å². The van der Waals surface area contributed by atoms with Crippen LogP contribution in [0.1, 0.15) is 168 Å². The van der Waals surface area contributed by atoms with Crippen molar-refractivity contribution in [2.75, 3.05) is 13.1 Å². The van der Waals surface area contributed by atoms with Gasteiger partial charge in [-0.3, -0.25) is 9.98 Å². The zero-order chi connectivity index (χ0) is 31.2. The Morgan fingerprint density at radius 1 is 0.370 bits per heavy atom. The Hall–Kier alpha value is -1.14. The van der Waals surface area contributed by atoms with Crippen LogP contribution in [0.25, 0.3) is 0 Å². The second kappa shape index (κ2) is 33.7. The van der Waals surface area contributed by atoms with Gasteiger partial charge in [0.05, 0.1) is 10.7 Å². The van der Waals surface area contributed by atoms with Crippen LogP contribution >= 0.6 is 34.0 Å². The molecule has 0 atom stereocenters. The highest BCUT2D eigenvalue weighted by atomic mass is 79.9. The van der Waals surface area contributed by atoms with Crippen LogP contribution in [-0.2, 0) is 13.1 Å². The SMILES string of the molecule is Br.Br.CCCCCCCCCCCCN=c1ccn(CCCCCCn2ccc(=NCCCCCCCCCCCC)cc2)cc1. The highest BCUT2D eigenvalue weighted by Crippen LogP contribution is 2.11. The lowest BCUT2D eigenvalue weighted by atomic mass is 10.1. The van der Waals surface area contributed by atoms with Gasteiger partial charge in [0.2, 0.25) is 0 Å².